The Kier molecular flexibility index (Phi) is 7.94. The van der Waals surface area contributed by atoms with Crippen LogP contribution in [0.5, 0.6) is 0 Å². The number of nitriles is 1. The molecular formula is C27H34N8O2S2. The van der Waals surface area contributed by atoms with E-state index in [-0.39, 0.29) is 36.5 Å². The van der Waals surface area contributed by atoms with Crippen LogP contribution >= 0.6 is 23.1 Å². The van der Waals surface area contributed by atoms with Gasteiger partial charge in [0.1, 0.15) is 6.04 Å². The van der Waals surface area contributed by atoms with Crippen molar-refractivity contribution in [3.8, 4) is 6.07 Å². The monoisotopic (exact) mass is 566 g/mol. The number of hydrogen-bond acceptors (Lipinski definition) is 9. The molecule has 1 aliphatic heterocycles. The zero-order chi connectivity index (χ0) is 27.7. The van der Waals surface area contributed by atoms with Crippen molar-refractivity contribution < 1.29 is 9.59 Å². The van der Waals surface area contributed by atoms with Crippen LogP contribution in [0.3, 0.4) is 0 Å². The van der Waals surface area contributed by atoms with E-state index in [1.54, 1.807) is 18.8 Å². The second-order valence-electron chi connectivity index (χ2n) is 10.6. The van der Waals surface area contributed by atoms with Crippen molar-refractivity contribution in [2.75, 3.05) is 13.6 Å². The lowest BCUT2D eigenvalue weighted by Crippen LogP contribution is -2.49. The number of piperidine rings is 1. The fraction of sp³-hybridized carbons (Fsp3) is 0.556. The molecule has 0 spiro atoms. The zero-order valence-corrected chi connectivity index (χ0v) is 24.1. The molecule has 3 heterocycles. The van der Waals surface area contributed by atoms with Crippen LogP contribution in [0.2, 0.25) is 0 Å². The fourth-order valence-corrected chi connectivity index (χ4v) is 8.25. The maximum atomic E-state index is 13.3. The van der Waals surface area contributed by atoms with Gasteiger partial charge < -0.3 is 15.5 Å². The molecule has 3 N–H and O–H groups in total. The Morgan fingerprint density at radius 1 is 1.44 bits per heavy atom. The number of hydrogen-bond donors (Lipinski definition) is 3. The summed E-state index contributed by atoms with van der Waals surface area (Å²) in [4.78, 5) is 30.7. The minimum absolute atomic E-state index is 0.0247. The van der Waals surface area contributed by atoms with E-state index in [4.69, 9.17) is 0 Å². The average molecular weight is 567 g/mol. The first-order valence-corrected chi connectivity index (χ1v) is 15.0. The fourth-order valence-electron chi connectivity index (χ4n) is 6.29. The molecule has 5 rings (SSSR count). The van der Waals surface area contributed by atoms with Crippen LogP contribution < -0.4 is 10.6 Å². The highest BCUT2D eigenvalue weighted by Crippen LogP contribution is 2.51. The van der Waals surface area contributed by atoms with Crippen molar-refractivity contribution in [2.24, 2.45) is 5.92 Å². The number of likely N-dealkylation sites (tertiary alicyclic amines) is 1. The van der Waals surface area contributed by atoms with Crippen LogP contribution in [0.15, 0.2) is 28.5 Å². The Hall–Kier alpha value is -3.01. The molecule has 5 atom stereocenters. The van der Waals surface area contributed by atoms with Crippen LogP contribution in [0, 0.1) is 17.2 Å². The summed E-state index contributed by atoms with van der Waals surface area (Å²) in [6.45, 7) is 8.25. The predicted molar refractivity (Wildman–Crippen MR) is 151 cm³/mol. The summed E-state index contributed by atoms with van der Waals surface area (Å²) in [5.41, 5.74) is 1.34. The van der Waals surface area contributed by atoms with Gasteiger partial charge in [0.25, 0.3) is 5.91 Å². The summed E-state index contributed by atoms with van der Waals surface area (Å²) in [5.74, 6) is 0.931. The molecule has 2 amide bonds. The van der Waals surface area contributed by atoms with E-state index in [1.165, 1.54) is 16.2 Å². The number of carbonyl (C=O) groups is 2. The summed E-state index contributed by atoms with van der Waals surface area (Å²) < 4.78 is 0. The lowest BCUT2D eigenvalue weighted by Gasteiger charge is -2.36. The molecule has 0 bridgehead atoms. The molecule has 2 aromatic heterocycles. The molecule has 1 saturated heterocycles. The number of H-pyrrole nitrogens is 1. The maximum Gasteiger partial charge on any atom is 0.261 e. The van der Waals surface area contributed by atoms with E-state index in [9.17, 15) is 14.9 Å². The maximum absolute atomic E-state index is 13.3. The van der Waals surface area contributed by atoms with Crippen LogP contribution in [0.4, 0.5) is 0 Å². The number of aromatic amines is 1. The van der Waals surface area contributed by atoms with Crippen molar-refractivity contribution in [2.45, 2.75) is 75.9 Å². The standard InChI is InChI=1S/C27H34N8O2S2/c1-5-38-21-8-9-22-19(11-23(39-22)25(37)29-4)27(16(21)3,26-31-33-34-32-26)12-15(2)30-14-24(36)35-18(13-28)7-6-17-10-20(17)35/h5,11,15,17-18,20,30H,1,6-10,12,14H2,2-4H3,(H,29,37)(H,31,32,33,34)/t15-,17?,18+,20?,27?/m1/s1. The number of allylic oxidation sites excluding steroid dienone is 2. The van der Waals surface area contributed by atoms with E-state index in [2.05, 4.69) is 57.8 Å². The molecule has 2 fully saturated rings. The first kappa shape index (κ1) is 27.6. The van der Waals surface area contributed by atoms with Crippen molar-refractivity contribution in [1.82, 2.24) is 36.2 Å². The molecule has 3 unspecified atom stereocenters. The number of aromatic nitrogens is 4. The predicted octanol–water partition coefficient (Wildman–Crippen LogP) is 3.28. The van der Waals surface area contributed by atoms with Gasteiger partial charge in [0.05, 0.1) is 22.9 Å². The van der Waals surface area contributed by atoms with Gasteiger partial charge in [-0.25, -0.2) is 0 Å². The number of carbonyl (C=O) groups excluding carboxylic acids is 2. The smallest absolute Gasteiger partial charge is 0.261 e. The molecule has 1 saturated carbocycles. The highest BCUT2D eigenvalue weighted by atomic mass is 32.2. The largest absolute Gasteiger partial charge is 0.354 e. The summed E-state index contributed by atoms with van der Waals surface area (Å²) in [6, 6.07) is 4.05. The third-order valence-corrected chi connectivity index (χ3v) is 10.5. The SMILES string of the molecule is C=CSC1=C(C)C(C[C@@H](C)NCC(=O)N2C3CC3CC[C@H]2C#N)(c2nn[nH]n2)c2cc(C(=O)NC)sc2CC1. The molecule has 12 heteroatoms. The molecule has 10 nitrogen and oxygen atoms in total. The second kappa shape index (κ2) is 11.2. The number of thiophene rings is 1. The van der Waals surface area contributed by atoms with Gasteiger partial charge in [-0.05, 0) is 85.8 Å². The molecule has 2 aromatic rings. The highest BCUT2D eigenvalue weighted by molar-refractivity contribution is 8.05. The number of fused-ring (bicyclic) bond motifs is 2. The topological polar surface area (TPSA) is 140 Å². The van der Waals surface area contributed by atoms with Crippen molar-refractivity contribution in [1.29, 1.82) is 5.26 Å². The molecule has 3 aliphatic rings. The molecule has 0 aromatic carbocycles. The summed E-state index contributed by atoms with van der Waals surface area (Å²) in [6.07, 6.45) is 4.94. The third-order valence-electron chi connectivity index (χ3n) is 8.35. The number of nitrogens with one attached hydrogen (secondary N) is 3. The van der Waals surface area contributed by atoms with Gasteiger partial charge in [-0.2, -0.15) is 10.5 Å². The quantitative estimate of drug-likeness (QED) is 0.420. The van der Waals surface area contributed by atoms with Crippen molar-refractivity contribution >= 4 is 34.9 Å². The van der Waals surface area contributed by atoms with Gasteiger partial charge in [0.2, 0.25) is 5.91 Å². The molecule has 2 aliphatic carbocycles. The first-order chi connectivity index (χ1) is 18.8. The minimum Gasteiger partial charge on any atom is -0.354 e. The summed E-state index contributed by atoms with van der Waals surface area (Å²) in [7, 11) is 1.63. The Bertz CT molecular complexity index is 1330. The van der Waals surface area contributed by atoms with Gasteiger partial charge in [-0.15, -0.1) is 33.3 Å². The van der Waals surface area contributed by atoms with Crippen LogP contribution in [-0.4, -0.2) is 69.1 Å². The average Bonchev–Trinajstić information content (AvgIpc) is 3.33. The van der Waals surface area contributed by atoms with Gasteiger partial charge >= 0.3 is 0 Å². The lowest BCUT2D eigenvalue weighted by atomic mass is 9.70. The number of nitrogens with zero attached hydrogens (tertiary/aromatic N) is 5. The minimum atomic E-state index is -0.760. The van der Waals surface area contributed by atoms with E-state index < -0.39 is 5.41 Å². The Balaban J connectivity index is 1.48. The summed E-state index contributed by atoms with van der Waals surface area (Å²) in [5, 5.41) is 33.2. The Morgan fingerprint density at radius 2 is 2.26 bits per heavy atom. The molecule has 39 heavy (non-hydrogen) atoms. The normalized spacial score (nSPS) is 26.6. The third kappa shape index (κ3) is 5.03. The number of thioether (sulfide) groups is 1. The van der Waals surface area contributed by atoms with E-state index in [1.807, 2.05) is 16.4 Å². The van der Waals surface area contributed by atoms with Gasteiger partial charge in [-0.1, -0.05) is 11.8 Å². The van der Waals surface area contributed by atoms with Gasteiger partial charge in [-0.3, -0.25) is 9.59 Å². The van der Waals surface area contributed by atoms with Gasteiger partial charge in [0.15, 0.2) is 5.82 Å². The first-order valence-electron chi connectivity index (χ1n) is 13.3. The summed E-state index contributed by atoms with van der Waals surface area (Å²) >= 11 is 3.11. The number of amides is 2. The van der Waals surface area contributed by atoms with E-state index in [0.29, 0.717) is 23.0 Å². The van der Waals surface area contributed by atoms with Crippen LogP contribution in [-0.2, 0) is 16.6 Å². The number of rotatable bonds is 9. The number of aryl methyl sites for hydroxylation is 1. The van der Waals surface area contributed by atoms with Gasteiger partial charge in [0, 0.05) is 24.0 Å². The lowest BCUT2D eigenvalue weighted by molar-refractivity contribution is -0.133. The zero-order valence-electron chi connectivity index (χ0n) is 22.5. The second-order valence-corrected chi connectivity index (χ2v) is 12.8. The van der Waals surface area contributed by atoms with Crippen molar-refractivity contribution in [3.05, 3.63) is 49.7 Å². The highest BCUT2D eigenvalue weighted by Gasteiger charge is 2.50. The Morgan fingerprint density at radius 3 is 2.95 bits per heavy atom. The van der Waals surface area contributed by atoms with Crippen LogP contribution in [0.25, 0.3) is 0 Å². The molecule has 0 radical (unpaired) electrons. The van der Waals surface area contributed by atoms with Crippen LogP contribution in [0.1, 0.15) is 71.9 Å². The Labute approximate surface area is 236 Å². The molecule has 206 valence electrons. The van der Waals surface area contributed by atoms with E-state index in [0.717, 1.165) is 48.1 Å². The van der Waals surface area contributed by atoms with E-state index >= 15 is 0 Å². The van der Waals surface area contributed by atoms with Crippen molar-refractivity contribution in [3.63, 3.8) is 0 Å². The molecular weight excluding hydrogens is 532 g/mol. The number of tetrazole rings is 1.